The van der Waals surface area contributed by atoms with Crippen molar-refractivity contribution in [3.63, 3.8) is 0 Å². The van der Waals surface area contributed by atoms with Gasteiger partial charge in [0.1, 0.15) is 5.79 Å². The summed E-state index contributed by atoms with van der Waals surface area (Å²) in [6.45, 7) is 1.17. The first-order chi connectivity index (χ1) is 11.8. The van der Waals surface area contributed by atoms with Crippen molar-refractivity contribution >= 4 is 10.4 Å². The molecule has 0 atom stereocenters. The van der Waals surface area contributed by atoms with Gasteiger partial charge in [0.05, 0.1) is 10.4 Å². The molecule has 0 bridgehead atoms. The van der Waals surface area contributed by atoms with Gasteiger partial charge in [-0.05, 0) is 57.9 Å². The molecule has 3 aliphatic rings. The lowest BCUT2D eigenvalue weighted by atomic mass is 10.0. The van der Waals surface area contributed by atoms with Crippen LogP contribution in [-0.4, -0.2) is 40.9 Å². The Hall–Kier alpha value is 0.0569. The van der Waals surface area contributed by atoms with Crippen LogP contribution in [0.25, 0.3) is 0 Å². The molecule has 4 N–H and O–H groups in total. The summed E-state index contributed by atoms with van der Waals surface area (Å²) in [6.07, 6.45) is 19.0. The summed E-state index contributed by atoms with van der Waals surface area (Å²) in [5, 5.41) is 12.3. The third kappa shape index (κ3) is 5.53. The third-order valence-corrected chi connectivity index (χ3v) is 6.90. The molecule has 3 saturated carbocycles. The van der Waals surface area contributed by atoms with Gasteiger partial charge in [0.25, 0.3) is 0 Å². The van der Waals surface area contributed by atoms with Crippen LogP contribution in [0, 0.1) is 0 Å². The standard InChI is InChI=1S/C19H40N4Si/c24-20-15-7-14-19(21-16-8-1-2-9-16,22-17-10-3-4-11-17)23-18-12-5-6-13-18/h16-18,20-23H,1-15H2,24H3. The minimum Gasteiger partial charge on any atom is -0.345 e. The Labute approximate surface area is 152 Å². The fraction of sp³-hybridized carbons (Fsp3) is 1.00. The topological polar surface area (TPSA) is 48.1 Å². The summed E-state index contributed by atoms with van der Waals surface area (Å²) in [4.78, 5) is 3.48. The average Bonchev–Trinajstić information content (AvgIpc) is 3.31. The largest absolute Gasteiger partial charge is 0.345 e. The van der Waals surface area contributed by atoms with Crippen molar-refractivity contribution in [3.05, 3.63) is 0 Å². The van der Waals surface area contributed by atoms with E-state index < -0.39 is 0 Å². The predicted octanol–water partition coefficient (Wildman–Crippen LogP) is 1.89. The van der Waals surface area contributed by atoms with Gasteiger partial charge in [0.15, 0.2) is 0 Å². The second-order valence-corrected chi connectivity index (χ2v) is 9.20. The molecule has 0 amide bonds. The van der Waals surface area contributed by atoms with E-state index in [1.807, 2.05) is 0 Å². The van der Waals surface area contributed by atoms with Gasteiger partial charge >= 0.3 is 0 Å². The molecule has 0 unspecified atom stereocenters. The zero-order chi connectivity index (χ0) is 16.7. The molecule has 0 saturated heterocycles. The Morgan fingerprint density at radius 3 is 1.38 bits per heavy atom. The van der Waals surface area contributed by atoms with Crippen molar-refractivity contribution in [2.75, 3.05) is 6.54 Å². The number of hydrogen-bond donors (Lipinski definition) is 4. The van der Waals surface area contributed by atoms with Crippen LogP contribution in [0.15, 0.2) is 0 Å². The fourth-order valence-corrected chi connectivity index (χ4v) is 5.48. The molecule has 0 radical (unpaired) electrons. The van der Waals surface area contributed by atoms with E-state index in [0.29, 0.717) is 18.1 Å². The van der Waals surface area contributed by atoms with Crippen molar-refractivity contribution in [3.8, 4) is 0 Å². The van der Waals surface area contributed by atoms with Crippen LogP contribution in [0.3, 0.4) is 0 Å². The van der Waals surface area contributed by atoms with E-state index in [1.165, 1.54) is 96.4 Å². The van der Waals surface area contributed by atoms with Crippen molar-refractivity contribution in [1.29, 1.82) is 0 Å². The number of rotatable bonds is 10. The van der Waals surface area contributed by atoms with E-state index in [2.05, 4.69) is 20.9 Å². The van der Waals surface area contributed by atoms with Gasteiger partial charge in [-0.3, -0.25) is 16.0 Å². The molecule has 3 fully saturated rings. The van der Waals surface area contributed by atoms with Gasteiger partial charge in [0, 0.05) is 18.1 Å². The molecule has 5 heteroatoms. The Kier molecular flexibility index (Phi) is 7.59. The van der Waals surface area contributed by atoms with Gasteiger partial charge in [-0.1, -0.05) is 38.5 Å². The highest BCUT2D eigenvalue weighted by Gasteiger charge is 2.37. The predicted molar refractivity (Wildman–Crippen MR) is 106 cm³/mol. The highest BCUT2D eigenvalue weighted by molar-refractivity contribution is 6.04. The van der Waals surface area contributed by atoms with Gasteiger partial charge in [-0.2, -0.15) is 0 Å². The lowest BCUT2D eigenvalue weighted by molar-refractivity contribution is 0.122. The molecule has 4 nitrogen and oxygen atoms in total. The molecule has 0 spiro atoms. The third-order valence-electron chi connectivity index (χ3n) is 6.40. The van der Waals surface area contributed by atoms with Gasteiger partial charge < -0.3 is 4.98 Å². The minimum absolute atomic E-state index is 0.0303. The van der Waals surface area contributed by atoms with E-state index in [4.69, 9.17) is 0 Å². The van der Waals surface area contributed by atoms with Crippen LogP contribution in [0.2, 0.25) is 0 Å². The van der Waals surface area contributed by atoms with E-state index in [1.54, 1.807) is 0 Å². The maximum atomic E-state index is 4.10. The summed E-state index contributed by atoms with van der Waals surface area (Å²) >= 11 is 0. The smallest absolute Gasteiger partial charge is 0.124 e. The Bertz CT molecular complexity index is 302. The summed E-state index contributed by atoms with van der Waals surface area (Å²) in [7, 11) is 1.11. The minimum atomic E-state index is -0.0303. The lowest BCUT2D eigenvalue weighted by Crippen LogP contribution is -2.71. The highest BCUT2D eigenvalue weighted by Crippen LogP contribution is 2.27. The van der Waals surface area contributed by atoms with Gasteiger partial charge in [0.2, 0.25) is 0 Å². The van der Waals surface area contributed by atoms with Crippen LogP contribution in [0.5, 0.6) is 0 Å². The highest BCUT2D eigenvalue weighted by atomic mass is 28.2. The number of nitrogens with one attached hydrogen (secondary N) is 4. The Morgan fingerprint density at radius 2 is 1.04 bits per heavy atom. The molecule has 3 rings (SSSR count). The molecular formula is C19H40N4Si. The fourth-order valence-electron chi connectivity index (χ4n) is 5.13. The normalized spacial score (nSPS) is 24.5. The van der Waals surface area contributed by atoms with Crippen LogP contribution in [0.1, 0.15) is 89.9 Å². The monoisotopic (exact) mass is 352 g/mol. The van der Waals surface area contributed by atoms with Crippen molar-refractivity contribution in [2.24, 2.45) is 0 Å². The number of hydrogen-bond acceptors (Lipinski definition) is 4. The quantitative estimate of drug-likeness (QED) is 0.275. The maximum absolute atomic E-state index is 4.10. The van der Waals surface area contributed by atoms with Gasteiger partial charge in [-0.15, -0.1) is 0 Å². The van der Waals surface area contributed by atoms with E-state index in [-0.39, 0.29) is 5.79 Å². The van der Waals surface area contributed by atoms with E-state index in [0.717, 1.165) is 10.4 Å². The van der Waals surface area contributed by atoms with Crippen LogP contribution >= 0.6 is 0 Å². The lowest BCUT2D eigenvalue weighted by Gasteiger charge is -2.43. The first kappa shape index (κ1) is 18.8. The van der Waals surface area contributed by atoms with Crippen molar-refractivity contribution in [2.45, 2.75) is 114 Å². The van der Waals surface area contributed by atoms with Crippen LogP contribution < -0.4 is 20.9 Å². The maximum Gasteiger partial charge on any atom is 0.124 e. The zero-order valence-corrected chi connectivity index (χ0v) is 17.8. The van der Waals surface area contributed by atoms with Crippen molar-refractivity contribution in [1.82, 2.24) is 20.9 Å². The van der Waals surface area contributed by atoms with Crippen LogP contribution in [0.4, 0.5) is 0 Å². The first-order valence-electron chi connectivity index (χ1n) is 10.8. The van der Waals surface area contributed by atoms with E-state index in [9.17, 15) is 0 Å². The van der Waals surface area contributed by atoms with Crippen LogP contribution in [-0.2, 0) is 0 Å². The molecule has 0 aliphatic heterocycles. The Balaban J connectivity index is 1.69. The molecule has 3 aliphatic carbocycles. The molecule has 0 heterocycles. The molecule has 0 aromatic heterocycles. The summed E-state index contributed by atoms with van der Waals surface area (Å²) in [5.41, 5.74) is 0. The molecule has 24 heavy (non-hydrogen) atoms. The first-order valence-corrected chi connectivity index (χ1v) is 11.8. The van der Waals surface area contributed by atoms with Crippen molar-refractivity contribution < 1.29 is 0 Å². The zero-order valence-electron chi connectivity index (χ0n) is 15.8. The second kappa shape index (κ2) is 9.67. The molecule has 0 aromatic rings. The average molecular weight is 353 g/mol. The second-order valence-electron chi connectivity index (χ2n) is 8.49. The summed E-state index contributed by atoms with van der Waals surface area (Å²) < 4.78 is 0. The Morgan fingerprint density at radius 1 is 0.667 bits per heavy atom. The molecule has 140 valence electrons. The molecular weight excluding hydrogens is 312 g/mol. The molecule has 0 aromatic carbocycles. The van der Waals surface area contributed by atoms with Gasteiger partial charge in [-0.25, -0.2) is 0 Å². The summed E-state index contributed by atoms with van der Waals surface area (Å²) in [5.74, 6) is -0.0303. The SMILES string of the molecule is [SiH3]NCCCC(NC1CCCC1)(NC1CCCC1)NC1CCCC1. The van der Waals surface area contributed by atoms with E-state index >= 15 is 0 Å². The summed E-state index contributed by atoms with van der Waals surface area (Å²) in [6, 6.07) is 2.12.